The second-order valence-electron chi connectivity index (χ2n) is 4.43. The van der Waals surface area contributed by atoms with Crippen LogP contribution in [0.3, 0.4) is 0 Å². The molecule has 0 saturated carbocycles. The van der Waals surface area contributed by atoms with Crippen molar-refractivity contribution in [1.29, 1.82) is 0 Å². The lowest BCUT2D eigenvalue weighted by Crippen LogP contribution is -2.11. The molecule has 0 amide bonds. The predicted octanol–water partition coefficient (Wildman–Crippen LogP) is 2.77. The Morgan fingerprint density at radius 2 is 2.06 bits per heavy atom. The van der Waals surface area contributed by atoms with Crippen LogP contribution in [0.25, 0.3) is 0 Å². The lowest BCUT2D eigenvalue weighted by Gasteiger charge is -2.03. The van der Waals surface area contributed by atoms with Crippen molar-refractivity contribution >= 4 is 5.78 Å². The van der Waals surface area contributed by atoms with E-state index in [0.717, 1.165) is 31.6 Å². The predicted molar refractivity (Wildman–Crippen MR) is 67.8 cm³/mol. The van der Waals surface area contributed by atoms with Crippen molar-refractivity contribution in [2.24, 2.45) is 0 Å². The number of carbonyl (C=O) groups excluding carboxylic acids is 1. The molecule has 1 heterocycles. The molecule has 0 fully saturated rings. The molecule has 0 aliphatic heterocycles. The maximum atomic E-state index is 11.7. The van der Waals surface area contributed by atoms with Gasteiger partial charge in [-0.1, -0.05) is 33.1 Å². The van der Waals surface area contributed by atoms with Gasteiger partial charge in [-0.3, -0.25) is 4.79 Å². The fourth-order valence-electron chi connectivity index (χ4n) is 1.84. The molecule has 0 aliphatic carbocycles. The normalized spacial score (nSPS) is 10.7. The Morgan fingerprint density at radius 3 is 2.76 bits per heavy atom. The van der Waals surface area contributed by atoms with Gasteiger partial charge in [0.1, 0.15) is 17.9 Å². The average Bonchev–Trinajstić information content (AvgIpc) is 2.73. The van der Waals surface area contributed by atoms with E-state index in [9.17, 15) is 4.79 Å². The van der Waals surface area contributed by atoms with Gasteiger partial charge >= 0.3 is 0 Å². The third-order valence-electron chi connectivity index (χ3n) is 2.80. The molecule has 0 atom stereocenters. The van der Waals surface area contributed by atoms with Gasteiger partial charge in [-0.15, -0.1) is 0 Å². The number of aryl methyl sites for hydroxylation is 1. The molecule has 96 valence electrons. The van der Waals surface area contributed by atoms with Crippen molar-refractivity contribution in [1.82, 2.24) is 14.8 Å². The number of Topliss-reactive ketones (excluding diaryl/α,β-unsaturated/α-hetero) is 1. The summed E-state index contributed by atoms with van der Waals surface area (Å²) in [7, 11) is 0. The van der Waals surface area contributed by atoms with E-state index in [-0.39, 0.29) is 5.78 Å². The lowest BCUT2D eigenvalue weighted by molar-refractivity contribution is -0.118. The minimum absolute atomic E-state index is 0.284. The Hall–Kier alpha value is -1.19. The highest BCUT2D eigenvalue weighted by atomic mass is 16.1. The topological polar surface area (TPSA) is 47.8 Å². The molecule has 0 N–H and O–H groups in total. The molecule has 0 aromatic carbocycles. The maximum Gasteiger partial charge on any atom is 0.140 e. The molecule has 1 aromatic rings. The van der Waals surface area contributed by atoms with Crippen LogP contribution >= 0.6 is 0 Å². The van der Waals surface area contributed by atoms with Crippen LogP contribution in [0.4, 0.5) is 0 Å². The highest BCUT2D eigenvalue weighted by Crippen LogP contribution is 2.06. The zero-order valence-electron chi connectivity index (χ0n) is 11.0. The van der Waals surface area contributed by atoms with Crippen LogP contribution in [-0.2, 0) is 17.8 Å². The van der Waals surface area contributed by atoms with E-state index in [1.807, 2.05) is 4.68 Å². The number of rotatable bonds is 9. The summed E-state index contributed by atoms with van der Waals surface area (Å²) in [6, 6.07) is 0. The standard InChI is InChI=1S/C13H23N3O/c1-3-5-6-7-8-12(17)10-13-14-11-15-16(13)9-4-2/h11H,3-10H2,1-2H3. The van der Waals surface area contributed by atoms with E-state index in [2.05, 4.69) is 23.9 Å². The Labute approximate surface area is 103 Å². The number of unbranched alkanes of at least 4 members (excludes halogenated alkanes) is 3. The van der Waals surface area contributed by atoms with E-state index in [4.69, 9.17) is 0 Å². The zero-order valence-corrected chi connectivity index (χ0v) is 11.0. The van der Waals surface area contributed by atoms with Crippen LogP contribution in [0.5, 0.6) is 0 Å². The third kappa shape index (κ3) is 5.11. The quantitative estimate of drug-likeness (QED) is 0.620. The van der Waals surface area contributed by atoms with Crippen molar-refractivity contribution in [3.8, 4) is 0 Å². The van der Waals surface area contributed by atoms with Crippen LogP contribution in [0.2, 0.25) is 0 Å². The summed E-state index contributed by atoms with van der Waals surface area (Å²) in [4.78, 5) is 15.9. The highest BCUT2D eigenvalue weighted by Gasteiger charge is 2.09. The van der Waals surface area contributed by atoms with Crippen molar-refractivity contribution in [3.05, 3.63) is 12.2 Å². The number of hydrogen-bond acceptors (Lipinski definition) is 3. The summed E-state index contributed by atoms with van der Waals surface area (Å²) in [5.41, 5.74) is 0. The van der Waals surface area contributed by atoms with Crippen molar-refractivity contribution < 1.29 is 4.79 Å². The first-order valence-electron chi connectivity index (χ1n) is 6.66. The third-order valence-corrected chi connectivity index (χ3v) is 2.80. The fourth-order valence-corrected chi connectivity index (χ4v) is 1.84. The molecule has 0 saturated heterocycles. The van der Waals surface area contributed by atoms with Crippen LogP contribution < -0.4 is 0 Å². The number of hydrogen-bond donors (Lipinski definition) is 0. The van der Waals surface area contributed by atoms with Gasteiger partial charge in [0.25, 0.3) is 0 Å². The molecule has 4 nitrogen and oxygen atoms in total. The fraction of sp³-hybridized carbons (Fsp3) is 0.769. The Kier molecular flexibility index (Phi) is 6.51. The maximum absolute atomic E-state index is 11.7. The van der Waals surface area contributed by atoms with E-state index in [1.54, 1.807) is 0 Å². The van der Waals surface area contributed by atoms with Crippen LogP contribution in [0, 0.1) is 0 Å². The number of carbonyl (C=O) groups is 1. The molecule has 0 radical (unpaired) electrons. The first-order valence-corrected chi connectivity index (χ1v) is 6.66. The van der Waals surface area contributed by atoms with E-state index < -0.39 is 0 Å². The highest BCUT2D eigenvalue weighted by molar-refractivity contribution is 5.80. The molecule has 0 unspecified atom stereocenters. The van der Waals surface area contributed by atoms with Gasteiger partial charge in [-0.25, -0.2) is 9.67 Å². The van der Waals surface area contributed by atoms with E-state index in [1.165, 1.54) is 19.2 Å². The Balaban J connectivity index is 2.31. The lowest BCUT2D eigenvalue weighted by atomic mass is 10.1. The summed E-state index contributed by atoms with van der Waals surface area (Å²) in [6.45, 7) is 5.12. The Bertz CT molecular complexity index is 333. The molecule has 0 aliphatic rings. The smallest absolute Gasteiger partial charge is 0.140 e. The van der Waals surface area contributed by atoms with E-state index in [0.29, 0.717) is 12.8 Å². The summed E-state index contributed by atoms with van der Waals surface area (Å²) in [6.07, 6.45) is 8.26. The van der Waals surface area contributed by atoms with Crippen LogP contribution in [0.1, 0.15) is 58.2 Å². The number of nitrogens with zero attached hydrogens (tertiary/aromatic N) is 3. The van der Waals surface area contributed by atoms with E-state index >= 15 is 0 Å². The van der Waals surface area contributed by atoms with Gasteiger partial charge in [0.2, 0.25) is 0 Å². The largest absolute Gasteiger partial charge is 0.299 e. The minimum atomic E-state index is 0.284. The van der Waals surface area contributed by atoms with Gasteiger partial charge in [0, 0.05) is 13.0 Å². The summed E-state index contributed by atoms with van der Waals surface area (Å²) in [5.74, 6) is 1.10. The molecule has 0 spiro atoms. The number of aromatic nitrogens is 3. The van der Waals surface area contributed by atoms with Gasteiger partial charge in [-0.05, 0) is 12.8 Å². The van der Waals surface area contributed by atoms with Crippen molar-refractivity contribution in [2.75, 3.05) is 0 Å². The minimum Gasteiger partial charge on any atom is -0.299 e. The van der Waals surface area contributed by atoms with Gasteiger partial charge in [0.15, 0.2) is 0 Å². The molecule has 4 heteroatoms. The molecule has 0 bridgehead atoms. The molecule has 17 heavy (non-hydrogen) atoms. The molecular weight excluding hydrogens is 214 g/mol. The summed E-state index contributed by atoms with van der Waals surface area (Å²) < 4.78 is 1.84. The SMILES string of the molecule is CCCCCCC(=O)Cc1ncnn1CCC. The number of ketones is 1. The molecular formula is C13H23N3O. The summed E-state index contributed by atoms with van der Waals surface area (Å²) in [5, 5.41) is 4.12. The van der Waals surface area contributed by atoms with Crippen LogP contribution in [0.15, 0.2) is 6.33 Å². The first kappa shape index (κ1) is 13.9. The second-order valence-corrected chi connectivity index (χ2v) is 4.43. The molecule has 1 aromatic heterocycles. The monoisotopic (exact) mass is 237 g/mol. The van der Waals surface area contributed by atoms with Crippen LogP contribution in [-0.4, -0.2) is 20.5 Å². The van der Waals surface area contributed by atoms with Crippen molar-refractivity contribution in [2.45, 2.75) is 65.3 Å². The summed E-state index contributed by atoms with van der Waals surface area (Å²) >= 11 is 0. The molecule has 1 rings (SSSR count). The van der Waals surface area contributed by atoms with Crippen molar-refractivity contribution in [3.63, 3.8) is 0 Å². The first-order chi connectivity index (χ1) is 8.27. The van der Waals surface area contributed by atoms with Gasteiger partial charge in [-0.2, -0.15) is 5.10 Å². The average molecular weight is 237 g/mol. The van der Waals surface area contributed by atoms with Gasteiger partial charge in [0.05, 0.1) is 6.42 Å². The zero-order chi connectivity index (χ0) is 12.5. The van der Waals surface area contributed by atoms with Gasteiger partial charge < -0.3 is 0 Å². The second kappa shape index (κ2) is 7.98. The Morgan fingerprint density at radius 1 is 1.24 bits per heavy atom.